The highest BCUT2D eigenvalue weighted by atomic mass is 16.5. The summed E-state index contributed by atoms with van der Waals surface area (Å²) >= 11 is 0. The molecule has 0 atom stereocenters. The van der Waals surface area contributed by atoms with Gasteiger partial charge in [0.2, 0.25) is 0 Å². The summed E-state index contributed by atoms with van der Waals surface area (Å²) in [6.07, 6.45) is 0. The van der Waals surface area contributed by atoms with E-state index in [9.17, 15) is 4.79 Å². The third-order valence-electron chi connectivity index (χ3n) is 7.62. The molecular formula is C39H50N4O3. The van der Waals surface area contributed by atoms with Crippen LogP contribution in [0.15, 0.2) is 72.8 Å². The van der Waals surface area contributed by atoms with Crippen LogP contribution in [0.5, 0.6) is 17.2 Å². The molecule has 0 fully saturated rings. The zero-order valence-corrected chi connectivity index (χ0v) is 29.3. The Labute approximate surface area is 276 Å². The molecule has 0 aliphatic heterocycles. The molecule has 0 heterocycles. The summed E-state index contributed by atoms with van der Waals surface area (Å²) in [5, 5.41) is 0. The van der Waals surface area contributed by atoms with Crippen molar-refractivity contribution >= 4 is 5.78 Å². The lowest BCUT2D eigenvalue weighted by Gasteiger charge is -2.23. The maximum atomic E-state index is 13.1. The molecular weight excluding hydrogens is 572 g/mol. The van der Waals surface area contributed by atoms with Gasteiger partial charge in [0, 0.05) is 59.6 Å². The molecule has 7 nitrogen and oxygen atoms in total. The average molecular weight is 623 g/mol. The molecule has 4 aromatic carbocycles. The fourth-order valence-corrected chi connectivity index (χ4v) is 5.73. The van der Waals surface area contributed by atoms with Crippen molar-refractivity contribution < 1.29 is 14.3 Å². The molecule has 0 N–H and O–H groups in total. The zero-order chi connectivity index (χ0) is 33.5. The molecule has 0 aliphatic rings. The first-order chi connectivity index (χ1) is 21.8. The van der Waals surface area contributed by atoms with Gasteiger partial charge in [0.25, 0.3) is 0 Å². The van der Waals surface area contributed by atoms with Gasteiger partial charge in [0.1, 0.15) is 17.2 Å². The minimum Gasteiger partial charge on any atom is -0.496 e. The van der Waals surface area contributed by atoms with E-state index in [1.807, 2.05) is 55.5 Å². The van der Waals surface area contributed by atoms with Gasteiger partial charge in [-0.05, 0) is 123 Å². The van der Waals surface area contributed by atoms with Crippen molar-refractivity contribution in [2.24, 2.45) is 0 Å². The van der Waals surface area contributed by atoms with Gasteiger partial charge >= 0.3 is 0 Å². The lowest BCUT2D eigenvalue weighted by molar-refractivity contribution is 0.103. The van der Waals surface area contributed by atoms with Crippen molar-refractivity contribution in [3.63, 3.8) is 0 Å². The van der Waals surface area contributed by atoms with E-state index in [1.165, 1.54) is 0 Å². The third kappa shape index (κ3) is 9.04. The number of benzene rings is 4. The van der Waals surface area contributed by atoms with E-state index in [-0.39, 0.29) is 5.78 Å². The maximum Gasteiger partial charge on any atom is 0.193 e. The van der Waals surface area contributed by atoms with Crippen LogP contribution in [-0.4, -0.2) is 88.9 Å². The van der Waals surface area contributed by atoms with Crippen molar-refractivity contribution in [2.75, 3.05) is 63.5 Å². The molecule has 0 bridgehead atoms. The standard InChI is InChI=1S/C39H50N4O3/c1-27-11-13-28(14-12-27)37(44)29-15-17-36(18-16-29)46-39-34(25-42(6)7)21-31(22-35(39)26-43(8)9)30-19-32(23-40(2)3)38(45-10)33(20-30)24-41(4)5/h11-22H,23-26H2,1-10H3. The highest BCUT2D eigenvalue weighted by molar-refractivity contribution is 6.09. The van der Waals surface area contributed by atoms with E-state index < -0.39 is 0 Å². The number of carbonyl (C=O) groups excluding carboxylic acids is 1. The van der Waals surface area contributed by atoms with E-state index >= 15 is 0 Å². The first-order valence-corrected chi connectivity index (χ1v) is 15.7. The summed E-state index contributed by atoms with van der Waals surface area (Å²) in [5.41, 5.74) is 9.24. The van der Waals surface area contributed by atoms with Gasteiger partial charge in [0.05, 0.1) is 7.11 Å². The van der Waals surface area contributed by atoms with E-state index in [2.05, 4.69) is 100 Å². The summed E-state index contributed by atoms with van der Waals surface area (Å²) in [7, 11) is 18.4. The number of rotatable bonds is 14. The Morgan fingerprint density at radius 2 is 0.891 bits per heavy atom. The van der Waals surface area contributed by atoms with E-state index in [0.717, 1.165) is 63.5 Å². The quantitative estimate of drug-likeness (QED) is 0.141. The highest BCUT2D eigenvalue weighted by Crippen LogP contribution is 2.38. The molecule has 0 saturated heterocycles. The summed E-state index contributed by atoms with van der Waals surface area (Å²) in [4.78, 5) is 21.8. The molecule has 0 spiro atoms. The normalized spacial score (nSPS) is 11.6. The van der Waals surface area contributed by atoms with Crippen LogP contribution in [0.1, 0.15) is 43.7 Å². The summed E-state index contributed by atoms with van der Waals surface area (Å²) in [6, 6.07) is 24.2. The number of hydrogen-bond donors (Lipinski definition) is 0. The van der Waals surface area contributed by atoms with Crippen molar-refractivity contribution in [1.29, 1.82) is 0 Å². The first kappa shape index (κ1) is 34.9. The fourth-order valence-electron chi connectivity index (χ4n) is 5.73. The lowest BCUT2D eigenvalue weighted by Crippen LogP contribution is -2.16. The summed E-state index contributed by atoms with van der Waals surface area (Å²) in [6.45, 7) is 4.98. The second kappa shape index (κ2) is 15.5. The van der Waals surface area contributed by atoms with Crippen molar-refractivity contribution in [2.45, 2.75) is 33.1 Å². The van der Waals surface area contributed by atoms with Crippen LogP contribution < -0.4 is 9.47 Å². The smallest absolute Gasteiger partial charge is 0.193 e. The maximum absolute atomic E-state index is 13.1. The third-order valence-corrected chi connectivity index (χ3v) is 7.62. The Kier molecular flexibility index (Phi) is 11.8. The monoisotopic (exact) mass is 622 g/mol. The predicted molar refractivity (Wildman–Crippen MR) is 189 cm³/mol. The predicted octanol–water partition coefficient (Wildman–Crippen LogP) is 6.94. The van der Waals surface area contributed by atoms with E-state index in [0.29, 0.717) is 30.0 Å². The Morgan fingerprint density at radius 1 is 0.543 bits per heavy atom. The number of ketones is 1. The highest BCUT2D eigenvalue weighted by Gasteiger charge is 2.20. The number of methoxy groups -OCH3 is 1. The van der Waals surface area contributed by atoms with Crippen LogP contribution in [0.25, 0.3) is 11.1 Å². The first-order valence-electron chi connectivity index (χ1n) is 15.7. The van der Waals surface area contributed by atoms with Gasteiger partial charge in [-0.3, -0.25) is 4.79 Å². The van der Waals surface area contributed by atoms with Crippen molar-refractivity contribution in [1.82, 2.24) is 19.6 Å². The average Bonchev–Trinajstić information content (AvgIpc) is 2.97. The van der Waals surface area contributed by atoms with E-state index in [1.54, 1.807) is 7.11 Å². The molecule has 4 rings (SSSR count). The second-order valence-electron chi connectivity index (χ2n) is 13.2. The van der Waals surface area contributed by atoms with Crippen molar-refractivity contribution in [3.05, 3.63) is 112 Å². The molecule has 0 saturated carbocycles. The second-order valence-corrected chi connectivity index (χ2v) is 13.2. The molecule has 0 aromatic heterocycles. The fraction of sp³-hybridized carbons (Fsp3) is 0.359. The number of hydrogen-bond acceptors (Lipinski definition) is 7. The van der Waals surface area contributed by atoms with Gasteiger partial charge in [-0.15, -0.1) is 0 Å². The van der Waals surface area contributed by atoms with Gasteiger partial charge in [0.15, 0.2) is 5.78 Å². The number of ether oxygens (including phenoxy) is 2. The Balaban J connectivity index is 1.79. The molecule has 0 unspecified atom stereocenters. The lowest BCUT2D eigenvalue weighted by atomic mass is 9.94. The van der Waals surface area contributed by atoms with Crippen molar-refractivity contribution in [3.8, 4) is 28.4 Å². The van der Waals surface area contributed by atoms with Gasteiger partial charge < -0.3 is 29.1 Å². The molecule has 4 aromatic rings. The molecule has 0 aliphatic carbocycles. The SMILES string of the molecule is COc1c(CN(C)C)cc(-c2cc(CN(C)C)c(Oc3ccc(C(=O)c4ccc(C)cc4)cc3)c(CN(C)C)c2)cc1CN(C)C. The Morgan fingerprint density at radius 3 is 1.24 bits per heavy atom. The molecule has 7 heteroatoms. The minimum absolute atomic E-state index is 0.000685. The largest absolute Gasteiger partial charge is 0.496 e. The summed E-state index contributed by atoms with van der Waals surface area (Å²) < 4.78 is 12.6. The van der Waals surface area contributed by atoms with Crippen LogP contribution in [-0.2, 0) is 26.2 Å². The molecule has 46 heavy (non-hydrogen) atoms. The number of nitrogens with zero attached hydrogens (tertiary/aromatic N) is 4. The van der Waals surface area contributed by atoms with Gasteiger partial charge in [-0.2, -0.15) is 0 Å². The van der Waals surface area contributed by atoms with E-state index in [4.69, 9.17) is 9.47 Å². The van der Waals surface area contributed by atoms with Crippen LogP contribution in [0.4, 0.5) is 0 Å². The Bertz CT molecular complexity index is 1560. The number of aryl methyl sites for hydroxylation is 1. The summed E-state index contributed by atoms with van der Waals surface area (Å²) in [5.74, 6) is 2.48. The Hall–Kier alpha value is -4.01. The minimum atomic E-state index is -0.000685. The van der Waals surface area contributed by atoms with Crippen LogP contribution >= 0.6 is 0 Å². The number of carbonyl (C=O) groups is 1. The van der Waals surface area contributed by atoms with Gasteiger partial charge in [-0.1, -0.05) is 29.8 Å². The molecule has 0 amide bonds. The molecule has 0 radical (unpaired) electrons. The topological polar surface area (TPSA) is 48.5 Å². The zero-order valence-electron chi connectivity index (χ0n) is 29.3. The van der Waals surface area contributed by atoms with Crippen LogP contribution in [0.2, 0.25) is 0 Å². The van der Waals surface area contributed by atoms with Crippen LogP contribution in [0.3, 0.4) is 0 Å². The van der Waals surface area contributed by atoms with Crippen LogP contribution in [0, 0.1) is 6.92 Å². The molecule has 244 valence electrons. The van der Waals surface area contributed by atoms with Gasteiger partial charge in [-0.25, -0.2) is 0 Å².